The highest BCUT2D eigenvalue weighted by atomic mass is 32.2. The minimum atomic E-state index is -2.56. The molecule has 0 N–H and O–H groups in total. The van der Waals surface area contributed by atoms with Crippen molar-refractivity contribution in [3.05, 3.63) is 0 Å². The minimum absolute atomic E-state index is 0.0116. The SMILES string of the molecule is CC(C)C1CS1(=O)=O. The third-order valence-electron chi connectivity index (χ3n) is 1.49. The molecule has 0 aromatic carbocycles. The Morgan fingerprint density at radius 3 is 1.88 bits per heavy atom. The zero-order valence-corrected chi connectivity index (χ0v) is 5.90. The first kappa shape index (κ1) is 6.08. The van der Waals surface area contributed by atoms with Crippen molar-refractivity contribution in [2.24, 2.45) is 5.92 Å². The van der Waals surface area contributed by atoms with Gasteiger partial charge in [-0.3, -0.25) is 0 Å². The van der Waals surface area contributed by atoms with Crippen LogP contribution >= 0.6 is 0 Å². The van der Waals surface area contributed by atoms with Gasteiger partial charge in [0.25, 0.3) is 0 Å². The van der Waals surface area contributed by atoms with Gasteiger partial charge in [-0.05, 0) is 5.92 Å². The normalized spacial score (nSPS) is 33.1. The highest BCUT2D eigenvalue weighted by Crippen LogP contribution is 2.28. The summed E-state index contributed by atoms with van der Waals surface area (Å²) in [7, 11) is -2.56. The van der Waals surface area contributed by atoms with Gasteiger partial charge in [0, 0.05) is 0 Å². The Bertz CT molecular complexity index is 179. The highest BCUT2D eigenvalue weighted by Gasteiger charge is 2.45. The van der Waals surface area contributed by atoms with Gasteiger partial charge in [-0.25, -0.2) is 8.42 Å². The summed E-state index contributed by atoms with van der Waals surface area (Å²) in [5.74, 6) is 0.741. The van der Waals surface area contributed by atoms with Crippen LogP contribution in [-0.4, -0.2) is 19.4 Å². The van der Waals surface area contributed by atoms with Crippen molar-refractivity contribution >= 4 is 9.84 Å². The van der Waals surface area contributed by atoms with Crippen LogP contribution in [0.4, 0.5) is 0 Å². The lowest BCUT2D eigenvalue weighted by Crippen LogP contribution is -1.97. The molecule has 8 heavy (non-hydrogen) atoms. The zero-order valence-electron chi connectivity index (χ0n) is 5.09. The number of rotatable bonds is 1. The second kappa shape index (κ2) is 1.47. The molecule has 0 aromatic heterocycles. The van der Waals surface area contributed by atoms with Crippen LogP contribution in [0.15, 0.2) is 0 Å². The van der Waals surface area contributed by atoms with Crippen LogP contribution in [0.2, 0.25) is 0 Å². The van der Waals surface area contributed by atoms with Crippen LogP contribution in [0, 0.1) is 5.92 Å². The molecule has 0 bridgehead atoms. The van der Waals surface area contributed by atoms with Crippen molar-refractivity contribution in [3.63, 3.8) is 0 Å². The molecule has 1 fully saturated rings. The van der Waals surface area contributed by atoms with Gasteiger partial charge in [0.1, 0.15) is 0 Å². The average molecular weight is 134 g/mol. The van der Waals surface area contributed by atoms with Crippen molar-refractivity contribution in [1.29, 1.82) is 0 Å². The fraction of sp³-hybridized carbons (Fsp3) is 1.00. The van der Waals surface area contributed by atoms with Crippen molar-refractivity contribution in [2.75, 3.05) is 5.75 Å². The van der Waals surface area contributed by atoms with E-state index >= 15 is 0 Å². The molecular weight excluding hydrogens is 124 g/mol. The largest absolute Gasteiger partial charge is 0.228 e. The van der Waals surface area contributed by atoms with E-state index in [-0.39, 0.29) is 5.25 Å². The monoisotopic (exact) mass is 134 g/mol. The van der Waals surface area contributed by atoms with E-state index in [4.69, 9.17) is 0 Å². The standard InChI is InChI=1S/C5H10O2S/c1-4(2)5-3-8(5,6)7/h4-5H,3H2,1-2H3. The summed E-state index contributed by atoms with van der Waals surface area (Å²) in [6, 6.07) is 0. The smallest absolute Gasteiger partial charge is 0.155 e. The molecule has 2 nitrogen and oxygen atoms in total. The van der Waals surface area contributed by atoms with Gasteiger partial charge in [0.15, 0.2) is 9.84 Å². The third-order valence-corrected chi connectivity index (χ3v) is 3.52. The second-order valence-corrected chi connectivity index (χ2v) is 4.88. The highest BCUT2D eigenvalue weighted by molar-refractivity contribution is 7.99. The van der Waals surface area contributed by atoms with E-state index in [9.17, 15) is 8.42 Å². The van der Waals surface area contributed by atoms with Gasteiger partial charge in [-0.1, -0.05) is 13.8 Å². The van der Waals surface area contributed by atoms with Crippen LogP contribution in [0.3, 0.4) is 0 Å². The fourth-order valence-electron chi connectivity index (χ4n) is 0.797. The Labute approximate surface area is 49.8 Å². The van der Waals surface area contributed by atoms with Crippen molar-refractivity contribution in [2.45, 2.75) is 19.1 Å². The van der Waals surface area contributed by atoms with E-state index < -0.39 is 9.84 Å². The van der Waals surface area contributed by atoms with Gasteiger partial charge in [-0.2, -0.15) is 0 Å². The first-order valence-electron chi connectivity index (χ1n) is 2.75. The molecule has 1 aliphatic rings. The molecule has 0 aromatic rings. The fourth-order valence-corrected chi connectivity index (χ4v) is 2.72. The van der Waals surface area contributed by atoms with Crippen LogP contribution in [0.25, 0.3) is 0 Å². The minimum Gasteiger partial charge on any atom is -0.228 e. The predicted molar refractivity (Wildman–Crippen MR) is 32.4 cm³/mol. The lowest BCUT2D eigenvalue weighted by atomic mass is 10.2. The number of hydrogen-bond acceptors (Lipinski definition) is 2. The maximum absolute atomic E-state index is 10.5. The Balaban J connectivity index is 2.62. The number of hydrogen-bond donors (Lipinski definition) is 0. The summed E-state index contributed by atoms with van der Waals surface area (Å²) in [4.78, 5) is 0. The van der Waals surface area contributed by atoms with Crippen LogP contribution < -0.4 is 0 Å². The molecule has 1 saturated heterocycles. The molecular formula is C5H10O2S. The molecule has 0 radical (unpaired) electrons. The van der Waals surface area contributed by atoms with E-state index in [1.54, 1.807) is 0 Å². The molecule has 48 valence electrons. The summed E-state index contributed by atoms with van der Waals surface area (Å²) >= 11 is 0. The Kier molecular flexibility index (Phi) is 1.11. The summed E-state index contributed by atoms with van der Waals surface area (Å²) < 4.78 is 21.0. The molecule has 1 unspecified atom stereocenters. The van der Waals surface area contributed by atoms with Crippen molar-refractivity contribution in [3.8, 4) is 0 Å². The topological polar surface area (TPSA) is 34.1 Å². The van der Waals surface area contributed by atoms with Gasteiger partial charge >= 0.3 is 0 Å². The average Bonchev–Trinajstić information content (AvgIpc) is 2.13. The zero-order chi connectivity index (χ0) is 6.36. The van der Waals surface area contributed by atoms with E-state index in [0.29, 0.717) is 11.7 Å². The van der Waals surface area contributed by atoms with E-state index in [2.05, 4.69) is 0 Å². The molecule has 3 heteroatoms. The maximum Gasteiger partial charge on any atom is 0.155 e. The van der Waals surface area contributed by atoms with Crippen molar-refractivity contribution in [1.82, 2.24) is 0 Å². The lowest BCUT2D eigenvalue weighted by molar-refractivity contribution is 0.600. The van der Waals surface area contributed by atoms with Crippen LogP contribution in [-0.2, 0) is 9.84 Å². The van der Waals surface area contributed by atoms with E-state index in [1.165, 1.54) is 0 Å². The maximum atomic E-state index is 10.5. The lowest BCUT2D eigenvalue weighted by Gasteiger charge is -1.91. The Morgan fingerprint density at radius 1 is 1.50 bits per heavy atom. The summed E-state index contributed by atoms with van der Waals surface area (Å²) in [6.45, 7) is 3.88. The van der Waals surface area contributed by atoms with Gasteiger partial charge in [0.05, 0.1) is 11.0 Å². The summed E-state index contributed by atoms with van der Waals surface area (Å²) in [6.07, 6.45) is 0. The van der Waals surface area contributed by atoms with Gasteiger partial charge in [-0.15, -0.1) is 0 Å². The molecule has 1 aliphatic heterocycles. The quantitative estimate of drug-likeness (QED) is 0.488. The number of sulfone groups is 1. The molecule has 1 heterocycles. The van der Waals surface area contributed by atoms with Crippen LogP contribution in [0.1, 0.15) is 13.8 Å². The van der Waals surface area contributed by atoms with Crippen molar-refractivity contribution < 1.29 is 8.42 Å². The van der Waals surface area contributed by atoms with E-state index in [1.807, 2.05) is 13.8 Å². The van der Waals surface area contributed by atoms with E-state index in [0.717, 1.165) is 0 Å². The summed E-state index contributed by atoms with van der Waals surface area (Å²) in [5.41, 5.74) is 0. The van der Waals surface area contributed by atoms with Gasteiger partial charge in [0.2, 0.25) is 0 Å². The molecule has 0 spiro atoms. The molecule has 1 rings (SSSR count). The first-order valence-corrected chi connectivity index (χ1v) is 4.47. The Morgan fingerprint density at radius 2 is 1.88 bits per heavy atom. The summed E-state index contributed by atoms with van der Waals surface area (Å²) in [5, 5.41) is -0.0116. The Hall–Kier alpha value is -0.0500. The third kappa shape index (κ3) is 0.869. The second-order valence-electron chi connectivity index (χ2n) is 2.61. The molecule has 1 atom stereocenters. The molecule has 0 amide bonds. The molecule has 0 saturated carbocycles. The molecule has 0 aliphatic carbocycles. The first-order chi connectivity index (χ1) is 3.54. The predicted octanol–water partition coefficient (Wildman–Crippen LogP) is 0.439. The van der Waals surface area contributed by atoms with Crippen LogP contribution in [0.5, 0.6) is 0 Å². The van der Waals surface area contributed by atoms with Gasteiger partial charge < -0.3 is 0 Å².